The number of rotatable bonds is 3. The maximum absolute atomic E-state index is 12.5. The van der Waals surface area contributed by atoms with Gasteiger partial charge in [-0.2, -0.15) is 4.31 Å². The van der Waals surface area contributed by atoms with Crippen molar-refractivity contribution in [3.63, 3.8) is 0 Å². The molecule has 0 atom stereocenters. The Kier molecular flexibility index (Phi) is 4.89. The Balaban J connectivity index is 2.21. The summed E-state index contributed by atoms with van der Waals surface area (Å²) in [7, 11) is -1.51. The summed E-state index contributed by atoms with van der Waals surface area (Å²) < 4.78 is 27.1. The lowest BCUT2D eigenvalue weighted by molar-refractivity contribution is 0.298. The predicted octanol–water partition coefficient (Wildman–Crippen LogP) is 2.48. The molecule has 0 bridgehead atoms. The molecule has 0 radical (unpaired) electrons. The van der Waals surface area contributed by atoms with Crippen molar-refractivity contribution < 1.29 is 8.42 Å². The number of nitrogens with one attached hydrogen (secondary N) is 1. The molecule has 1 heterocycles. The average molecular weight is 368 g/mol. The molecule has 1 aromatic carbocycles. The molecule has 106 valence electrons. The number of benzene rings is 1. The van der Waals surface area contributed by atoms with Crippen LogP contribution in [0, 0.1) is 0 Å². The summed E-state index contributed by atoms with van der Waals surface area (Å²) in [6, 6.07) is 5.11. The minimum absolute atomic E-state index is 0.284. The van der Waals surface area contributed by atoms with Gasteiger partial charge in [0.25, 0.3) is 0 Å². The van der Waals surface area contributed by atoms with Gasteiger partial charge in [0.15, 0.2) is 0 Å². The van der Waals surface area contributed by atoms with E-state index in [9.17, 15) is 8.42 Å². The number of hydrogen-bond donors (Lipinski definition) is 1. The monoisotopic (exact) mass is 366 g/mol. The molecule has 0 aromatic heterocycles. The van der Waals surface area contributed by atoms with Crippen LogP contribution in [0.15, 0.2) is 27.6 Å². The summed E-state index contributed by atoms with van der Waals surface area (Å²) >= 11 is 9.15. The molecule has 19 heavy (non-hydrogen) atoms. The molecule has 4 nitrogen and oxygen atoms in total. The van der Waals surface area contributed by atoms with Crippen LogP contribution < -0.4 is 5.32 Å². The van der Waals surface area contributed by atoms with E-state index in [1.807, 2.05) is 7.05 Å². The van der Waals surface area contributed by atoms with Crippen molar-refractivity contribution in [1.82, 2.24) is 9.62 Å². The van der Waals surface area contributed by atoms with Crippen LogP contribution >= 0.6 is 27.5 Å². The van der Waals surface area contributed by atoms with Gasteiger partial charge in [-0.05, 0) is 54.0 Å². The fourth-order valence-corrected chi connectivity index (χ4v) is 4.32. The second-order valence-corrected chi connectivity index (χ2v) is 7.74. The molecule has 1 aliphatic heterocycles. The maximum Gasteiger partial charge on any atom is 0.243 e. The number of halogens is 2. The zero-order valence-electron chi connectivity index (χ0n) is 10.6. The van der Waals surface area contributed by atoms with Crippen molar-refractivity contribution in [1.29, 1.82) is 0 Å². The Bertz CT molecular complexity index is 557. The fourth-order valence-electron chi connectivity index (χ4n) is 2.17. The van der Waals surface area contributed by atoms with E-state index in [2.05, 4.69) is 21.2 Å². The highest BCUT2D eigenvalue weighted by molar-refractivity contribution is 9.10. The summed E-state index contributed by atoms with van der Waals surface area (Å²) in [5.74, 6) is 0. The predicted molar refractivity (Wildman–Crippen MR) is 80.0 cm³/mol. The summed E-state index contributed by atoms with van der Waals surface area (Å²) in [6.45, 7) is 1.10. The Labute approximate surface area is 127 Å². The third-order valence-electron chi connectivity index (χ3n) is 3.39. The van der Waals surface area contributed by atoms with Gasteiger partial charge in [-0.15, -0.1) is 0 Å². The highest BCUT2D eigenvalue weighted by atomic mass is 79.9. The number of piperidine rings is 1. The molecule has 2 rings (SSSR count). The average Bonchev–Trinajstić information content (AvgIpc) is 2.41. The second kappa shape index (κ2) is 6.10. The van der Waals surface area contributed by atoms with Crippen LogP contribution in [0.25, 0.3) is 0 Å². The SMILES string of the molecule is CNC1CCN(S(=O)(=O)c2ccc(Cl)c(Br)c2)CC1. The first-order chi connectivity index (χ1) is 8.95. The molecular weight excluding hydrogens is 352 g/mol. The van der Waals surface area contributed by atoms with E-state index in [4.69, 9.17) is 11.6 Å². The third-order valence-corrected chi connectivity index (χ3v) is 6.50. The smallest absolute Gasteiger partial charge is 0.243 e. The largest absolute Gasteiger partial charge is 0.317 e. The number of nitrogens with zero attached hydrogens (tertiary/aromatic N) is 1. The van der Waals surface area contributed by atoms with Crippen LogP contribution in [0.2, 0.25) is 5.02 Å². The Morgan fingerprint density at radius 1 is 1.37 bits per heavy atom. The molecule has 1 saturated heterocycles. The van der Waals surface area contributed by atoms with Crippen molar-refractivity contribution in [3.8, 4) is 0 Å². The van der Waals surface area contributed by atoms with Gasteiger partial charge in [0.2, 0.25) is 10.0 Å². The first-order valence-electron chi connectivity index (χ1n) is 6.07. The molecule has 0 aliphatic carbocycles. The first kappa shape index (κ1) is 15.3. The topological polar surface area (TPSA) is 49.4 Å². The Morgan fingerprint density at radius 2 is 2.00 bits per heavy atom. The van der Waals surface area contributed by atoms with Crippen LogP contribution in [-0.2, 0) is 10.0 Å². The molecule has 0 amide bonds. The van der Waals surface area contributed by atoms with Crippen molar-refractivity contribution in [3.05, 3.63) is 27.7 Å². The highest BCUT2D eigenvalue weighted by Crippen LogP contribution is 2.28. The minimum Gasteiger partial charge on any atom is -0.317 e. The third kappa shape index (κ3) is 3.31. The van der Waals surface area contributed by atoms with Gasteiger partial charge >= 0.3 is 0 Å². The van der Waals surface area contributed by atoms with Gasteiger partial charge in [0.1, 0.15) is 0 Å². The quantitative estimate of drug-likeness (QED) is 0.893. The standard InChI is InChI=1S/C12H16BrClN2O2S/c1-15-9-4-6-16(7-5-9)19(17,18)10-2-3-12(14)11(13)8-10/h2-3,8-9,15H,4-7H2,1H3. The van der Waals surface area contributed by atoms with Crippen molar-refractivity contribution in [2.24, 2.45) is 0 Å². The fraction of sp³-hybridized carbons (Fsp3) is 0.500. The van der Waals surface area contributed by atoms with Crippen LogP contribution in [0.5, 0.6) is 0 Å². The normalized spacial score (nSPS) is 18.7. The van der Waals surface area contributed by atoms with Crippen molar-refractivity contribution in [2.75, 3.05) is 20.1 Å². The lowest BCUT2D eigenvalue weighted by Gasteiger charge is -2.31. The first-order valence-corrected chi connectivity index (χ1v) is 8.68. The molecule has 1 aromatic rings. The van der Waals surface area contributed by atoms with Gasteiger partial charge in [0.05, 0.1) is 9.92 Å². The van der Waals surface area contributed by atoms with Gasteiger partial charge in [-0.3, -0.25) is 0 Å². The number of sulfonamides is 1. The van der Waals surface area contributed by atoms with Gasteiger partial charge in [0, 0.05) is 23.6 Å². The van der Waals surface area contributed by atoms with Gasteiger partial charge in [-0.25, -0.2) is 8.42 Å². The zero-order chi connectivity index (χ0) is 14.0. The molecule has 0 spiro atoms. The number of hydrogen-bond acceptors (Lipinski definition) is 3. The molecular formula is C12H16BrClN2O2S. The van der Waals surface area contributed by atoms with E-state index in [0.29, 0.717) is 28.6 Å². The molecule has 7 heteroatoms. The van der Waals surface area contributed by atoms with Crippen LogP contribution in [0.4, 0.5) is 0 Å². The molecule has 1 N–H and O–H groups in total. The minimum atomic E-state index is -3.42. The van der Waals surface area contributed by atoms with E-state index in [-0.39, 0.29) is 4.90 Å². The molecule has 0 unspecified atom stereocenters. The second-order valence-electron chi connectivity index (χ2n) is 4.54. The lowest BCUT2D eigenvalue weighted by Crippen LogP contribution is -2.43. The van der Waals surface area contributed by atoms with Crippen LogP contribution in [0.3, 0.4) is 0 Å². The van der Waals surface area contributed by atoms with E-state index < -0.39 is 10.0 Å². The van der Waals surface area contributed by atoms with Crippen LogP contribution in [0.1, 0.15) is 12.8 Å². The summed E-state index contributed by atoms with van der Waals surface area (Å²) in [5, 5.41) is 3.69. The lowest BCUT2D eigenvalue weighted by atomic mass is 10.1. The highest BCUT2D eigenvalue weighted by Gasteiger charge is 2.29. The Hall–Kier alpha value is -0.140. The summed E-state index contributed by atoms with van der Waals surface area (Å²) in [6.07, 6.45) is 1.68. The van der Waals surface area contributed by atoms with Crippen molar-refractivity contribution >= 4 is 37.6 Å². The summed E-state index contributed by atoms with van der Waals surface area (Å²) in [4.78, 5) is 0.284. The van der Waals surface area contributed by atoms with Crippen LogP contribution in [-0.4, -0.2) is 38.9 Å². The molecule has 0 saturated carbocycles. The van der Waals surface area contributed by atoms with Gasteiger partial charge in [-0.1, -0.05) is 11.6 Å². The van der Waals surface area contributed by atoms with Crippen molar-refractivity contribution in [2.45, 2.75) is 23.8 Å². The van der Waals surface area contributed by atoms with E-state index in [1.165, 1.54) is 4.31 Å². The molecule has 1 fully saturated rings. The van der Waals surface area contributed by atoms with E-state index in [1.54, 1.807) is 18.2 Å². The molecule has 1 aliphatic rings. The Morgan fingerprint density at radius 3 is 2.53 bits per heavy atom. The summed E-state index contributed by atoms with van der Waals surface area (Å²) in [5.41, 5.74) is 0. The van der Waals surface area contributed by atoms with E-state index in [0.717, 1.165) is 12.8 Å². The maximum atomic E-state index is 12.5. The van der Waals surface area contributed by atoms with Gasteiger partial charge < -0.3 is 5.32 Å². The zero-order valence-corrected chi connectivity index (χ0v) is 13.7. The van der Waals surface area contributed by atoms with E-state index >= 15 is 0 Å².